The normalized spacial score (nSPS) is 25.1. The van der Waals surface area contributed by atoms with Crippen molar-refractivity contribution in [2.45, 2.75) is 44.1 Å². The minimum Gasteiger partial charge on any atom is -0.501 e. The third kappa shape index (κ3) is 3.43. The Morgan fingerprint density at radius 3 is 2.76 bits per heavy atom. The molecule has 0 saturated heterocycles. The Bertz CT molecular complexity index is 538. The SMILES string of the molecule is O=C(NC1CCC(c2ccc(F)cc2)C1)C1=COCCC1. The largest absolute Gasteiger partial charge is 0.501 e. The van der Waals surface area contributed by atoms with Gasteiger partial charge in [0.25, 0.3) is 5.91 Å². The van der Waals surface area contributed by atoms with E-state index in [2.05, 4.69) is 5.32 Å². The summed E-state index contributed by atoms with van der Waals surface area (Å²) in [6, 6.07) is 6.91. The van der Waals surface area contributed by atoms with Gasteiger partial charge in [0.2, 0.25) is 0 Å². The van der Waals surface area contributed by atoms with Gasteiger partial charge in [-0.05, 0) is 55.7 Å². The topological polar surface area (TPSA) is 38.3 Å². The Balaban J connectivity index is 1.56. The van der Waals surface area contributed by atoms with Crippen LogP contribution in [-0.4, -0.2) is 18.6 Å². The first-order valence-electron chi connectivity index (χ1n) is 7.59. The van der Waals surface area contributed by atoms with E-state index in [0.29, 0.717) is 12.5 Å². The molecule has 1 aliphatic heterocycles. The van der Waals surface area contributed by atoms with Crippen LogP contribution in [0.5, 0.6) is 0 Å². The number of benzene rings is 1. The van der Waals surface area contributed by atoms with Crippen molar-refractivity contribution >= 4 is 5.91 Å². The summed E-state index contributed by atoms with van der Waals surface area (Å²) in [4.78, 5) is 12.1. The second-order valence-electron chi connectivity index (χ2n) is 5.85. The van der Waals surface area contributed by atoms with Gasteiger partial charge in [-0.1, -0.05) is 12.1 Å². The van der Waals surface area contributed by atoms with Crippen LogP contribution in [-0.2, 0) is 9.53 Å². The average molecular weight is 289 g/mol. The number of hydrogen-bond acceptors (Lipinski definition) is 2. The molecule has 1 amide bonds. The molecule has 1 fully saturated rings. The van der Waals surface area contributed by atoms with Crippen molar-refractivity contribution in [2.24, 2.45) is 0 Å². The molecule has 1 saturated carbocycles. The van der Waals surface area contributed by atoms with Crippen LogP contribution in [0.15, 0.2) is 36.1 Å². The molecule has 2 unspecified atom stereocenters. The molecule has 1 aromatic carbocycles. The van der Waals surface area contributed by atoms with Crippen molar-refractivity contribution in [1.29, 1.82) is 0 Å². The molecule has 3 rings (SSSR count). The summed E-state index contributed by atoms with van der Waals surface area (Å²) in [5, 5.41) is 3.10. The van der Waals surface area contributed by atoms with Crippen LogP contribution in [0, 0.1) is 5.82 Å². The molecule has 112 valence electrons. The zero-order valence-electron chi connectivity index (χ0n) is 12.0. The summed E-state index contributed by atoms with van der Waals surface area (Å²) in [5.74, 6) is 0.206. The molecule has 1 heterocycles. The Kier molecular flexibility index (Phi) is 4.23. The van der Waals surface area contributed by atoms with E-state index in [1.807, 2.05) is 12.1 Å². The first-order valence-corrected chi connectivity index (χ1v) is 7.59. The summed E-state index contributed by atoms with van der Waals surface area (Å²) in [7, 11) is 0. The van der Waals surface area contributed by atoms with Crippen molar-refractivity contribution in [3.63, 3.8) is 0 Å². The minimum atomic E-state index is -0.203. The van der Waals surface area contributed by atoms with Crippen LogP contribution >= 0.6 is 0 Å². The second kappa shape index (κ2) is 6.29. The van der Waals surface area contributed by atoms with Crippen molar-refractivity contribution in [3.05, 3.63) is 47.5 Å². The quantitative estimate of drug-likeness (QED) is 0.927. The highest BCUT2D eigenvalue weighted by molar-refractivity contribution is 5.93. The number of carbonyl (C=O) groups is 1. The van der Waals surface area contributed by atoms with Gasteiger partial charge in [0.1, 0.15) is 5.82 Å². The van der Waals surface area contributed by atoms with E-state index in [4.69, 9.17) is 4.74 Å². The smallest absolute Gasteiger partial charge is 0.250 e. The summed E-state index contributed by atoms with van der Waals surface area (Å²) in [6.45, 7) is 0.701. The highest BCUT2D eigenvalue weighted by atomic mass is 19.1. The number of rotatable bonds is 3. The van der Waals surface area contributed by atoms with Gasteiger partial charge in [0.15, 0.2) is 0 Å². The molecule has 1 aromatic rings. The highest BCUT2D eigenvalue weighted by Crippen LogP contribution is 2.34. The summed E-state index contributed by atoms with van der Waals surface area (Å²) < 4.78 is 18.2. The second-order valence-corrected chi connectivity index (χ2v) is 5.85. The summed E-state index contributed by atoms with van der Waals surface area (Å²) in [6.07, 6.45) is 6.22. The maximum absolute atomic E-state index is 13.0. The molecule has 3 nitrogen and oxygen atoms in total. The molecule has 1 N–H and O–H groups in total. The summed E-state index contributed by atoms with van der Waals surface area (Å²) in [5.41, 5.74) is 1.90. The maximum atomic E-state index is 13.0. The van der Waals surface area contributed by atoms with Gasteiger partial charge in [-0.25, -0.2) is 4.39 Å². The van der Waals surface area contributed by atoms with Crippen LogP contribution in [0.25, 0.3) is 0 Å². The maximum Gasteiger partial charge on any atom is 0.250 e. The summed E-state index contributed by atoms with van der Waals surface area (Å²) >= 11 is 0. The zero-order chi connectivity index (χ0) is 14.7. The van der Waals surface area contributed by atoms with Gasteiger partial charge >= 0.3 is 0 Å². The lowest BCUT2D eigenvalue weighted by Gasteiger charge is -2.17. The number of hydrogen-bond donors (Lipinski definition) is 1. The van der Waals surface area contributed by atoms with Crippen molar-refractivity contribution in [2.75, 3.05) is 6.61 Å². The fraction of sp³-hybridized carbons (Fsp3) is 0.471. The number of carbonyl (C=O) groups excluding carboxylic acids is 1. The van der Waals surface area contributed by atoms with Gasteiger partial charge in [0.05, 0.1) is 18.4 Å². The zero-order valence-corrected chi connectivity index (χ0v) is 12.0. The van der Waals surface area contributed by atoms with E-state index in [0.717, 1.165) is 43.2 Å². The Labute approximate surface area is 124 Å². The Hall–Kier alpha value is -1.84. The number of ether oxygens (including phenoxy) is 1. The Morgan fingerprint density at radius 1 is 1.24 bits per heavy atom. The van der Waals surface area contributed by atoms with E-state index < -0.39 is 0 Å². The van der Waals surface area contributed by atoms with Crippen molar-refractivity contribution in [1.82, 2.24) is 5.32 Å². The van der Waals surface area contributed by atoms with E-state index in [-0.39, 0.29) is 17.8 Å². The first kappa shape index (κ1) is 14.1. The standard InChI is InChI=1S/C17H20FNO2/c18-15-6-3-12(4-7-15)13-5-8-16(10-13)19-17(20)14-2-1-9-21-11-14/h3-4,6-7,11,13,16H,1-2,5,8-10H2,(H,19,20). The Morgan fingerprint density at radius 2 is 2.05 bits per heavy atom. The van der Waals surface area contributed by atoms with Gasteiger partial charge in [-0.15, -0.1) is 0 Å². The van der Waals surface area contributed by atoms with Crippen molar-refractivity contribution in [3.8, 4) is 0 Å². The molecule has 21 heavy (non-hydrogen) atoms. The van der Waals surface area contributed by atoms with Crippen LogP contribution in [0.2, 0.25) is 0 Å². The predicted molar refractivity (Wildman–Crippen MR) is 78.2 cm³/mol. The van der Waals surface area contributed by atoms with Crippen molar-refractivity contribution < 1.29 is 13.9 Å². The number of halogens is 1. The van der Waals surface area contributed by atoms with Crippen LogP contribution in [0.3, 0.4) is 0 Å². The highest BCUT2D eigenvalue weighted by Gasteiger charge is 2.28. The monoisotopic (exact) mass is 289 g/mol. The first-order chi connectivity index (χ1) is 10.2. The molecule has 0 radical (unpaired) electrons. The van der Waals surface area contributed by atoms with Crippen LogP contribution in [0.4, 0.5) is 4.39 Å². The molecular formula is C17H20FNO2. The molecule has 4 heteroatoms. The lowest BCUT2D eigenvalue weighted by atomic mass is 9.97. The number of nitrogens with one attached hydrogen (secondary N) is 1. The predicted octanol–water partition coefficient (Wildman–Crippen LogP) is 3.27. The van der Waals surface area contributed by atoms with Crippen LogP contribution < -0.4 is 5.32 Å². The lowest BCUT2D eigenvalue weighted by molar-refractivity contribution is -0.118. The molecule has 0 bridgehead atoms. The van der Waals surface area contributed by atoms with E-state index in [9.17, 15) is 9.18 Å². The van der Waals surface area contributed by atoms with E-state index in [1.54, 1.807) is 6.26 Å². The number of amides is 1. The van der Waals surface area contributed by atoms with Gasteiger partial charge < -0.3 is 10.1 Å². The van der Waals surface area contributed by atoms with Gasteiger partial charge in [0, 0.05) is 6.04 Å². The molecule has 1 aliphatic carbocycles. The molecule has 2 atom stereocenters. The fourth-order valence-electron chi connectivity index (χ4n) is 3.16. The average Bonchev–Trinajstić information content (AvgIpc) is 2.97. The molecule has 2 aliphatic rings. The lowest BCUT2D eigenvalue weighted by Crippen LogP contribution is -2.34. The minimum absolute atomic E-state index is 0.000504. The molecular weight excluding hydrogens is 269 g/mol. The van der Waals surface area contributed by atoms with Crippen LogP contribution in [0.1, 0.15) is 43.6 Å². The van der Waals surface area contributed by atoms with E-state index >= 15 is 0 Å². The van der Waals surface area contributed by atoms with Gasteiger partial charge in [-0.3, -0.25) is 4.79 Å². The third-order valence-corrected chi connectivity index (χ3v) is 4.33. The molecule has 0 spiro atoms. The molecule has 0 aromatic heterocycles. The van der Waals surface area contributed by atoms with Gasteiger partial charge in [-0.2, -0.15) is 0 Å². The third-order valence-electron chi connectivity index (χ3n) is 4.33. The van der Waals surface area contributed by atoms with E-state index in [1.165, 1.54) is 12.1 Å². The fourth-order valence-corrected chi connectivity index (χ4v) is 3.16.